The van der Waals surface area contributed by atoms with Crippen molar-refractivity contribution in [1.82, 2.24) is 10.6 Å². The summed E-state index contributed by atoms with van der Waals surface area (Å²) >= 11 is 15.2. The molecule has 0 aliphatic rings. The molecule has 0 fully saturated rings. The third-order valence-corrected chi connectivity index (χ3v) is 5.66. The van der Waals surface area contributed by atoms with Crippen LogP contribution in [0.3, 0.4) is 0 Å². The minimum absolute atomic E-state index is 0.176. The summed E-state index contributed by atoms with van der Waals surface area (Å²) in [6, 6.07) is 4.01. The number of nitrogens with one attached hydrogen (secondary N) is 2. The maximum atomic E-state index is 12.4. The molecular weight excluding hydrogens is 415 g/mol. The molecule has 1 rings (SSSR count). The maximum Gasteiger partial charge on any atom is 0.253 e. The molecule has 0 bridgehead atoms. The maximum absolute atomic E-state index is 12.4. The highest BCUT2D eigenvalue weighted by atomic mass is 35.5. The largest absolute Gasteiger partial charge is 0.396 e. The van der Waals surface area contributed by atoms with E-state index in [9.17, 15) is 9.59 Å². The summed E-state index contributed by atoms with van der Waals surface area (Å²) in [6.07, 6.45) is 3.22. The molecule has 3 N–H and O–H groups in total. The van der Waals surface area contributed by atoms with Crippen LogP contribution < -0.4 is 10.6 Å². The van der Waals surface area contributed by atoms with E-state index in [1.165, 1.54) is 6.07 Å². The Kier molecular flexibility index (Phi) is 12.2. The Morgan fingerprint density at radius 2 is 2.00 bits per heavy atom. The van der Waals surface area contributed by atoms with E-state index >= 15 is 0 Å². The van der Waals surface area contributed by atoms with Crippen LogP contribution in [0.4, 0.5) is 0 Å². The molecule has 0 aromatic heterocycles. The highest BCUT2D eigenvalue weighted by Crippen LogP contribution is 2.21. The summed E-state index contributed by atoms with van der Waals surface area (Å²) in [6.45, 7) is 0.692. The Morgan fingerprint density at radius 3 is 2.65 bits per heavy atom. The Morgan fingerprint density at radius 1 is 1.23 bits per heavy atom. The number of carbonyl (C=O) groups is 2. The van der Waals surface area contributed by atoms with Crippen molar-refractivity contribution in [2.75, 3.05) is 36.7 Å². The zero-order chi connectivity index (χ0) is 19.4. The van der Waals surface area contributed by atoms with Gasteiger partial charge in [-0.3, -0.25) is 9.59 Å². The van der Waals surface area contributed by atoms with Crippen LogP contribution in [0.15, 0.2) is 18.2 Å². The highest BCUT2D eigenvalue weighted by molar-refractivity contribution is 7.99. The second kappa shape index (κ2) is 13.6. The van der Waals surface area contributed by atoms with Crippen LogP contribution in [0.25, 0.3) is 0 Å². The molecule has 1 unspecified atom stereocenters. The standard InChI is InChI=1S/C17H24Cl2N2O3S2/c1-25-9-5-15(17(24)20-6-10-26-8-2-7-22)21-16(23)13-4-3-12(18)11-14(13)19/h3-4,11,15,22H,2,5-10H2,1H3,(H,20,24)(H,21,23). The van der Waals surface area contributed by atoms with Crippen LogP contribution in [0, 0.1) is 0 Å². The molecule has 1 atom stereocenters. The van der Waals surface area contributed by atoms with Crippen LogP contribution in [0.1, 0.15) is 23.2 Å². The van der Waals surface area contributed by atoms with Gasteiger partial charge in [0.2, 0.25) is 5.91 Å². The van der Waals surface area contributed by atoms with Gasteiger partial charge >= 0.3 is 0 Å². The van der Waals surface area contributed by atoms with Crippen molar-refractivity contribution in [2.24, 2.45) is 0 Å². The molecule has 5 nitrogen and oxygen atoms in total. The summed E-state index contributed by atoms with van der Waals surface area (Å²) in [5.74, 6) is 1.76. The molecule has 0 radical (unpaired) electrons. The van der Waals surface area contributed by atoms with Crippen molar-refractivity contribution in [3.63, 3.8) is 0 Å². The number of rotatable bonds is 12. The van der Waals surface area contributed by atoms with Crippen LogP contribution >= 0.6 is 46.7 Å². The molecule has 2 amide bonds. The third-order valence-electron chi connectivity index (χ3n) is 3.40. The van der Waals surface area contributed by atoms with Crippen LogP contribution in [-0.2, 0) is 4.79 Å². The number of hydrogen-bond donors (Lipinski definition) is 3. The van der Waals surface area contributed by atoms with E-state index in [2.05, 4.69) is 10.6 Å². The molecular formula is C17H24Cl2N2O3S2. The van der Waals surface area contributed by atoms with E-state index < -0.39 is 11.9 Å². The lowest BCUT2D eigenvalue weighted by Crippen LogP contribution is -2.47. The molecule has 0 aliphatic heterocycles. The number of carbonyl (C=O) groups excluding carboxylic acids is 2. The SMILES string of the molecule is CSCCC(NC(=O)c1ccc(Cl)cc1Cl)C(=O)NCCSCCCO. The minimum Gasteiger partial charge on any atom is -0.396 e. The molecule has 0 saturated heterocycles. The van der Waals surface area contributed by atoms with Gasteiger partial charge in [-0.2, -0.15) is 23.5 Å². The Bertz CT molecular complexity index is 591. The summed E-state index contributed by atoms with van der Waals surface area (Å²) in [5.41, 5.74) is 0.289. The molecule has 1 aromatic carbocycles. The fraction of sp³-hybridized carbons (Fsp3) is 0.529. The van der Waals surface area contributed by atoms with Crippen LogP contribution in [-0.4, -0.2) is 59.6 Å². The van der Waals surface area contributed by atoms with Gasteiger partial charge in [0.25, 0.3) is 5.91 Å². The second-order valence-corrected chi connectivity index (χ2v) is 8.47. The van der Waals surface area contributed by atoms with Crippen molar-refractivity contribution < 1.29 is 14.7 Å². The predicted molar refractivity (Wildman–Crippen MR) is 113 cm³/mol. The van der Waals surface area contributed by atoms with Crippen molar-refractivity contribution in [3.05, 3.63) is 33.8 Å². The van der Waals surface area contributed by atoms with E-state index in [0.717, 1.165) is 23.7 Å². The van der Waals surface area contributed by atoms with Gasteiger partial charge in [0, 0.05) is 23.9 Å². The topological polar surface area (TPSA) is 78.4 Å². The zero-order valence-corrected chi connectivity index (χ0v) is 17.7. The first kappa shape index (κ1) is 23.4. The molecule has 9 heteroatoms. The number of thioether (sulfide) groups is 2. The first-order valence-corrected chi connectivity index (χ1v) is 11.5. The molecule has 0 aliphatic carbocycles. The quantitative estimate of drug-likeness (QED) is 0.437. The second-order valence-electron chi connectivity index (χ2n) is 5.41. The van der Waals surface area contributed by atoms with Gasteiger partial charge in [0.05, 0.1) is 10.6 Å². The van der Waals surface area contributed by atoms with Gasteiger partial charge in [0.1, 0.15) is 6.04 Å². The average molecular weight is 439 g/mol. The molecule has 1 aromatic rings. The minimum atomic E-state index is -0.621. The number of aliphatic hydroxyl groups is 1. The molecule has 0 spiro atoms. The highest BCUT2D eigenvalue weighted by Gasteiger charge is 2.22. The zero-order valence-electron chi connectivity index (χ0n) is 14.6. The fourth-order valence-corrected chi connectivity index (χ4v) is 3.80. The summed E-state index contributed by atoms with van der Waals surface area (Å²) in [5, 5.41) is 15.0. The van der Waals surface area contributed by atoms with Crippen LogP contribution in [0.2, 0.25) is 10.0 Å². The van der Waals surface area contributed by atoms with Crippen molar-refractivity contribution in [1.29, 1.82) is 0 Å². The van der Waals surface area contributed by atoms with Gasteiger partial charge in [0.15, 0.2) is 0 Å². The van der Waals surface area contributed by atoms with E-state index in [-0.39, 0.29) is 23.1 Å². The fourth-order valence-electron chi connectivity index (χ4n) is 2.05. The Balaban J connectivity index is 2.58. The van der Waals surface area contributed by atoms with Gasteiger partial charge in [-0.15, -0.1) is 0 Å². The normalized spacial score (nSPS) is 11.8. The van der Waals surface area contributed by atoms with Gasteiger partial charge in [-0.1, -0.05) is 23.2 Å². The summed E-state index contributed by atoms with van der Waals surface area (Å²) in [7, 11) is 0. The smallest absolute Gasteiger partial charge is 0.253 e. The Hall–Kier alpha value is -0.600. The van der Waals surface area contributed by atoms with Crippen LogP contribution in [0.5, 0.6) is 0 Å². The number of aliphatic hydroxyl groups excluding tert-OH is 1. The van der Waals surface area contributed by atoms with Crippen molar-refractivity contribution in [2.45, 2.75) is 18.9 Å². The first-order chi connectivity index (χ1) is 12.5. The summed E-state index contributed by atoms with van der Waals surface area (Å²) in [4.78, 5) is 24.9. The van der Waals surface area contributed by atoms with E-state index in [4.69, 9.17) is 28.3 Å². The number of halogens is 2. The molecule has 0 heterocycles. The molecule has 146 valence electrons. The number of amides is 2. The lowest BCUT2D eigenvalue weighted by molar-refractivity contribution is -0.122. The monoisotopic (exact) mass is 438 g/mol. The van der Waals surface area contributed by atoms with Crippen molar-refractivity contribution in [3.8, 4) is 0 Å². The predicted octanol–water partition coefficient (Wildman–Crippen LogP) is 3.08. The number of benzene rings is 1. The lowest BCUT2D eigenvalue weighted by atomic mass is 10.1. The van der Waals surface area contributed by atoms with E-state index in [1.807, 2.05) is 6.26 Å². The van der Waals surface area contributed by atoms with Gasteiger partial charge in [-0.05, 0) is 48.8 Å². The first-order valence-electron chi connectivity index (χ1n) is 8.20. The Labute approximate surface area is 173 Å². The lowest BCUT2D eigenvalue weighted by Gasteiger charge is -2.18. The molecule has 0 saturated carbocycles. The van der Waals surface area contributed by atoms with E-state index in [1.54, 1.807) is 35.7 Å². The average Bonchev–Trinajstić information content (AvgIpc) is 2.61. The number of hydrogen-bond acceptors (Lipinski definition) is 5. The summed E-state index contributed by atoms with van der Waals surface area (Å²) < 4.78 is 0. The van der Waals surface area contributed by atoms with Crippen molar-refractivity contribution >= 4 is 58.5 Å². The third kappa shape index (κ3) is 8.86. The van der Waals surface area contributed by atoms with Gasteiger partial charge < -0.3 is 15.7 Å². The van der Waals surface area contributed by atoms with E-state index in [0.29, 0.717) is 18.0 Å². The van der Waals surface area contributed by atoms with Gasteiger partial charge in [-0.25, -0.2) is 0 Å². The molecule has 26 heavy (non-hydrogen) atoms.